The van der Waals surface area contributed by atoms with Gasteiger partial charge in [-0.3, -0.25) is 29.0 Å². The number of carbonyl (C=O) groups excluding carboxylic acids is 5. The van der Waals surface area contributed by atoms with Gasteiger partial charge in [-0.15, -0.1) is 0 Å². The third kappa shape index (κ3) is 15.2. The average molecular weight is 842 g/mol. The van der Waals surface area contributed by atoms with Crippen LogP contribution in [-0.4, -0.2) is 112 Å². The first-order chi connectivity index (χ1) is 27.8. The van der Waals surface area contributed by atoms with E-state index in [0.717, 1.165) is 16.5 Å². The van der Waals surface area contributed by atoms with Crippen LogP contribution in [0.4, 0.5) is 0 Å². The molecule has 0 fully saturated rings. The Bertz CT molecular complexity index is 1860. The minimum absolute atomic E-state index is 0.00548. The molecule has 58 heavy (non-hydrogen) atoms. The summed E-state index contributed by atoms with van der Waals surface area (Å²) in [6.45, 7) is 0.460. The average Bonchev–Trinajstić information content (AvgIpc) is 3.61. The van der Waals surface area contributed by atoms with Crippen molar-refractivity contribution in [3.8, 4) is 0 Å². The second-order valence-corrected chi connectivity index (χ2v) is 14.3. The molecule has 0 aliphatic heterocycles. The molecule has 3 rings (SSSR count). The van der Waals surface area contributed by atoms with E-state index >= 15 is 0 Å². The molecule has 0 saturated heterocycles. The number of nitrogens with two attached hydrogens (primary N) is 4. The molecule has 15 N–H and O–H groups in total. The van der Waals surface area contributed by atoms with Crippen LogP contribution in [0.2, 0.25) is 0 Å². The Balaban J connectivity index is 1.85. The fourth-order valence-corrected chi connectivity index (χ4v) is 6.48. The van der Waals surface area contributed by atoms with E-state index < -0.39 is 71.8 Å². The minimum atomic E-state index is -1.29. The van der Waals surface area contributed by atoms with E-state index in [1.165, 1.54) is 0 Å². The molecule has 0 aliphatic carbocycles. The number of fused-ring (bicyclic) bond motifs is 1. The maximum absolute atomic E-state index is 14.2. The molecule has 2 aromatic carbocycles. The van der Waals surface area contributed by atoms with Crippen molar-refractivity contribution in [1.82, 2.24) is 31.6 Å². The Labute approximate surface area is 347 Å². The van der Waals surface area contributed by atoms with Gasteiger partial charge in [-0.1, -0.05) is 48.5 Å². The van der Waals surface area contributed by atoms with Crippen LogP contribution in [-0.2, 0) is 41.6 Å². The highest BCUT2D eigenvalue weighted by Crippen LogP contribution is 2.19. The zero-order chi connectivity index (χ0) is 42.6. The number of aliphatic carboxylic acids is 1. The number of nitrogens with zero attached hydrogens (tertiary/aromatic N) is 1. The van der Waals surface area contributed by atoms with Crippen LogP contribution in [0.25, 0.3) is 10.9 Å². The Kier molecular flexibility index (Phi) is 19.8. The largest absolute Gasteiger partial charge is 0.480 e. The van der Waals surface area contributed by atoms with Gasteiger partial charge in [0.05, 0.1) is 6.04 Å². The third-order valence-electron chi connectivity index (χ3n) is 9.14. The number of benzene rings is 2. The molecule has 0 radical (unpaired) electrons. The normalized spacial score (nSPS) is 14.1. The Morgan fingerprint density at radius 1 is 0.672 bits per heavy atom. The number of aliphatic imine (C=N–C) groups is 1. The minimum Gasteiger partial charge on any atom is -0.480 e. The van der Waals surface area contributed by atoms with E-state index in [-0.39, 0.29) is 56.1 Å². The van der Waals surface area contributed by atoms with E-state index in [9.17, 15) is 33.9 Å². The van der Waals surface area contributed by atoms with Gasteiger partial charge in [0.2, 0.25) is 29.5 Å². The van der Waals surface area contributed by atoms with Gasteiger partial charge in [-0.2, -0.15) is 25.3 Å². The number of guanidine groups is 1. The molecule has 18 nitrogen and oxygen atoms in total. The SMILES string of the molecule is NCCCC[C@H](NC(=O)[C@H](CS)NC(=O)[C@H](CCCN=C(N)N)NC(=O)[C@@H](Cc1c[nH]c2ccccc12)NC(=O)[C@H](CS)NC(=O)[C@@H](N)Cc1ccccc1)C(=O)O. The number of carboxylic acid groups (broad SMARTS) is 1. The summed E-state index contributed by atoms with van der Waals surface area (Å²) in [5.74, 6) is -5.42. The zero-order valence-corrected chi connectivity index (χ0v) is 33.9. The van der Waals surface area contributed by atoms with Gasteiger partial charge >= 0.3 is 5.97 Å². The van der Waals surface area contributed by atoms with Gasteiger partial charge in [0.15, 0.2) is 5.96 Å². The number of unbranched alkanes of at least 4 members (excludes halogenated alkanes) is 1. The summed E-state index contributed by atoms with van der Waals surface area (Å²) in [4.78, 5) is 86.9. The molecule has 0 saturated carbocycles. The van der Waals surface area contributed by atoms with E-state index in [1.54, 1.807) is 6.20 Å². The number of carboxylic acids is 1. The van der Waals surface area contributed by atoms with Gasteiger partial charge in [-0.25, -0.2) is 4.79 Å². The van der Waals surface area contributed by atoms with E-state index in [0.29, 0.717) is 24.9 Å². The number of hydrogen-bond donors (Lipinski definition) is 13. The topological polar surface area (TPSA) is 315 Å². The summed E-state index contributed by atoms with van der Waals surface area (Å²) in [6, 6.07) is 9.24. The highest BCUT2D eigenvalue weighted by atomic mass is 32.1. The first-order valence-corrected chi connectivity index (χ1v) is 20.1. The van der Waals surface area contributed by atoms with Crippen molar-refractivity contribution in [2.24, 2.45) is 27.9 Å². The fourth-order valence-electron chi connectivity index (χ4n) is 5.97. The number of aromatic amines is 1. The van der Waals surface area contributed by atoms with Crippen molar-refractivity contribution in [2.75, 3.05) is 24.6 Å². The Morgan fingerprint density at radius 2 is 1.21 bits per heavy atom. The lowest BCUT2D eigenvalue weighted by Gasteiger charge is -2.26. The van der Waals surface area contributed by atoms with Gasteiger partial charge in [-0.05, 0) is 62.3 Å². The predicted molar refractivity (Wildman–Crippen MR) is 228 cm³/mol. The monoisotopic (exact) mass is 841 g/mol. The maximum Gasteiger partial charge on any atom is 0.326 e. The number of thiol groups is 2. The van der Waals surface area contributed by atoms with Crippen LogP contribution < -0.4 is 49.5 Å². The van der Waals surface area contributed by atoms with Gasteiger partial charge < -0.3 is 59.6 Å². The molecule has 0 aliphatic rings. The van der Waals surface area contributed by atoms with Crippen LogP contribution in [0.5, 0.6) is 0 Å². The van der Waals surface area contributed by atoms with Gasteiger partial charge in [0.25, 0.3) is 0 Å². The standard InChI is InChI=1S/C38H55N11O7S2/c39-15-7-6-13-28(37(55)56)46-35(53)31(21-58)49-33(51)27(14-8-16-43-38(41)42)45-34(52)29(18-23-19-44-26-12-5-4-11-24(23)26)47-36(54)30(20-57)48-32(50)25(40)17-22-9-2-1-3-10-22/h1-5,9-12,19,25,27-31,44,57-58H,6-8,13-18,20-21,39-40H2,(H,45,52)(H,46,53)(H,47,54)(H,48,50)(H,49,51)(H,55,56)(H4,41,42,43)/t25-,27-,28-,29+,30-,31-/m0/s1. The molecular weight excluding hydrogens is 787 g/mol. The molecule has 0 spiro atoms. The number of aromatic nitrogens is 1. The summed E-state index contributed by atoms with van der Waals surface area (Å²) in [6.07, 6.45) is 3.23. The zero-order valence-electron chi connectivity index (χ0n) is 32.1. The van der Waals surface area contributed by atoms with E-state index in [1.807, 2.05) is 54.6 Å². The Hall–Kier alpha value is -5.31. The van der Waals surface area contributed by atoms with Crippen molar-refractivity contribution in [3.05, 3.63) is 71.9 Å². The van der Waals surface area contributed by atoms with Gasteiger partial charge in [0.1, 0.15) is 30.2 Å². The lowest BCUT2D eigenvalue weighted by molar-refractivity contribution is -0.142. The molecular formula is C38H55N11O7S2. The van der Waals surface area contributed by atoms with Crippen LogP contribution >= 0.6 is 25.3 Å². The molecule has 20 heteroatoms. The number of amides is 5. The first-order valence-electron chi connectivity index (χ1n) is 18.8. The molecule has 316 valence electrons. The predicted octanol–water partition coefficient (Wildman–Crippen LogP) is -1.17. The second kappa shape index (κ2) is 24.5. The number of nitrogens with one attached hydrogen (secondary N) is 6. The number of H-pyrrole nitrogens is 1. The number of rotatable bonds is 25. The van der Waals surface area contributed by atoms with E-state index in [2.05, 4.69) is 61.8 Å². The van der Waals surface area contributed by atoms with Crippen molar-refractivity contribution in [2.45, 2.75) is 81.2 Å². The highest BCUT2D eigenvalue weighted by Gasteiger charge is 2.33. The van der Waals surface area contributed by atoms with Crippen molar-refractivity contribution >= 4 is 77.6 Å². The first kappa shape index (κ1) is 47.1. The summed E-state index contributed by atoms with van der Waals surface area (Å²) < 4.78 is 0. The molecule has 5 amide bonds. The Morgan fingerprint density at radius 3 is 1.83 bits per heavy atom. The number of para-hydroxylation sites is 1. The highest BCUT2D eigenvalue weighted by molar-refractivity contribution is 7.80. The molecule has 1 aromatic heterocycles. The van der Waals surface area contributed by atoms with Crippen molar-refractivity contribution in [3.63, 3.8) is 0 Å². The molecule has 0 unspecified atom stereocenters. The van der Waals surface area contributed by atoms with Gasteiger partial charge in [0, 0.05) is 41.6 Å². The molecule has 3 aromatic rings. The summed E-state index contributed by atoms with van der Waals surface area (Å²) in [7, 11) is 0. The lowest BCUT2D eigenvalue weighted by Crippen LogP contribution is -2.60. The van der Waals surface area contributed by atoms with Crippen LogP contribution in [0.3, 0.4) is 0 Å². The van der Waals surface area contributed by atoms with Crippen LogP contribution in [0.1, 0.15) is 43.2 Å². The van der Waals surface area contributed by atoms with E-state index in [4.69, 9.17) is 22.9 Å². The maximum atomic E-state index is 14.2. The lowest BCUT2D eigenvalue weighted by atomic mass is 10.0. The number of hydrogen-bond acceptors (Lipinski definition) is 11. The second-order valence-electron chi connectivity index (χ2n) is 13.6. The van der Waals surface area contributed by atoms with Crippen LogP contribution in [0, 0.1) is 0 Å². The molecule has 6 atom stereocenters. The summed E-state index contributed by atoms with van der Waals surface area (Å²) in [5.41, 5.74) is 24.9. The fraction of sp³-hybridized carbons (Fsp3) is 0.447. The molecule has 1 heterocycles. The summed E-state index contributed by atoms with van der Waals surface area (Å²) in [5, 5.41) is 23.5. The quantitative estimate of drug-likeness (QED) is 0.0209. The van der Waals surface area contributed by atoms with Crippen molar-refractivity contribution in [1.29, 1.82) is 0 Å². The third-order valence-corrected chi connectivity index (χ3v) is 9.87. The smallest absolute Gasteiger partial charge is 0.326 e. The van der Waals surface area contributed by atoms with Crippen molar-refractivity contribution < 1.29 is 33.9 Å². The summed E-state index contributed by atoms with van der Waals surface area (Å²) >= 11 is 8.49. The number of carbonyl (C=O) groups is 6. The van der Waals surface area contributed by atoms with Crippen LogP contribution in [0.15, 0.2) is 65.8 Å². The molecule has 0 bridgehead atoms.